The van der Waals surface area contributed by atoms with Crippen LogP contribution in [0.2, 0.25) is 0 Å². The first kappa shape index (κ1) is 21.1. The predicted octanol–water partition coefficient (Wildman–Crippen LogP) is 3.91. The summed E-state index contributed by atoms with van der Waals surface area (Å²) in [4.78, 5) is 24.2. The van der Waals surface area contributed by atoms with Gasteiger partial charge in [-0.25, -0.2) is 4.79 Å². The van der Waals surface area contributed by atoms with Gasteiger partial charge in [0.05, 0.1) is 12.5 Å². The van der Waals surface area contributed by atoms with Crippen molar-refractivity contribution in [2.75, 3.05) is 6.54 Å². The summed E-state index contributed by atoms with van der Waals surface area (Å²) in [6.45, 7) is 2.55. The first-order valence-electron chi connectivity index (χ1n) is 9.98. The molecule has 0 saturated carbocycles. The normalized spacial score (nSPS) is 12.0. The summed E-state index contributed by atoms with van der Waals surface area (Å²) in [7, 11) is 0. The van der Waals surface area contributed by atoms with E-state index in [9.17, 15) is 9.59 Å². The van der Waals surface area contributed by atoms with E-state index in [4.69, 9.17) is 5.73 Å². The topological polar surface area (TPSA) is 84.2 Å². The number of urea groups is 1. The summed E-state index contributed by atoms with van der Waals surface area (Å²) >= 11 is 0. The van der Waals surface area contributed by atoms with E-state index in [0.717, 1.165) is 16.7 Å². The van der Waals surface area contributed by atoms with E-state index >= 15 is 0 Å². The van der Waals surface area contributed by atoms with Gasteiger partial charge in [-0.1, -0.05) is 91.0 Å². The fourth-order valence-electron chi connectivity index (χ4n) is 3.63. The molecule has 5 heteroatoms. The van der Waals surface area contributed by atoms with Gasteiger partial charge in [0.1, 0.15) is 0 Å². The molecule has 0 bridgehead atoms. The Morgan fingerprint density at radius 2 is 1.30 bits per heavy atom. The number of amides is 3. The molecule has 0 saturated heterocycles. The van der Waals surface area contributed by atoms with Crippen LogP contribution < -0.4 is 16.4 Å². The van der Waals surface area contributed by atoms with Crippen molar-refractivity contribution in [3.05, 3.63) is 108 Å². The molecule has 154 valence electrons. The molecule has 0 aliphatic rings. The van der Waals surface area contributed by atoms with Crippen LogP contribution in [0.5, 0.6) is 0 Å². The van der Waals surface area contributed by atoms with E-state index in [2.05, 4.69) is 41.8 Å². The standard InChI is InChI=1S/C25H27N3O2/c1-25(20-13-7-3-8-14-20,21-15-9-4-10-16-21)18-27-23(29)17-22(28-24(26)30)19-11-5-2-6-12-19/h2-16,22H,17-18H2,1H3,(H,27,29)(H3,26,28,30). The molecule has 3 rings (SSSR count). The van der Waals surface area contributed by atoms with Gasteiger partial charge in [0.2, 0.25) is 5.91 Å². The molecule has 30 heavy (non-hydrogen) atoms. The number of hydrogen-bond donors (Lipinski definition) is 3. The van der Waals surface area contributed by atoms with Gasteiger partial charge >= 0.3 is 6.03 Å². The fourth-order valence-corrected chi connectivity index (χ4v) is 3.63. The molecule has 3 amide bonds. The second kappa shape index (κ2) is 9.74. The van der Waals surface area contributed by atoms with Gasteiger partial charge in [0.15, 0.2) is 0 Å². The third kappa shape index (κ3) is 5.26. The van der Waals surface area contributed by atoms with Crippen LogP contribution in [-0.2, 0) is 10.2 Å². The van der Waals surface area contributed by atoms with Crippen molar-refractivity contribution in [3.8, 4) is 0 Å². The highest BCUT2D eigenvalue weighted by atomic mass is 16.2. The molecular weight excluding hydrogens is 374 g/mol. The van der Waals surface area contributed by atoms with Crippen LogP contribution in [0.25, 0.3) is 0 Å². The summed E-state index contributed by atoms with van der Waals surface area (Å²) in [6.07, 6.45) is 0.104. The number of nitrogens with one attached hydrogen (secondary N) is 2. The van der Waals surface area contributed by atoms with Gasteiger partial charge in [-0.05, 0) is 23.6 Å². The molecule has 0 spiro atoms. The Bertz CT molecular complexity index is 920. The zero-order chi connectivity index (χ0) is 21.4. The molecule has 0 aromatic heterocycles. The predicted molar refractivity (Wildman–Crippen MR) is 119 cm³/mol. The molecule has 0 heterocycles. The van der Waals surface area contributed by atoms with E-state index in [0.29, 0.717) is 6.54 Å². The lowest BCUT2D eigenvalue weighted by molar-refractivity contribution is -0.121. The Labute approximate surface area is 177 Å². The Hall–Kier alpha value is -3.60. The molecule has 0 aliphatic carbocycles. The third-order valence-electron chi connectivity index (χ3n) is 5.37. The Morgan fingerprint density at radius 1 is 0.833 bits per heavy atom. The summed E-state index contributed by atoms with van der Waals surface area (Å²) < 4.78 is 0. The SMILES string of the molecule is CC(CNC(=O)CC(NC(N)=O)c1ccccc1)(c1ccccc1)c1ccccc1. The van der Waals surface area contributed by atoms with Gasteiger partial charge in [0, 0.05) is 12.0 Å². The first-order chi connectivity index (χ1) is 14.5. The van der Waals surface area contributed by atoms with Crippen molar-refractivity contribution in [1.29, 1.82) is 0 Å². The van der Waals surface area contributed by atoms with Crippen LogP contribution in [0.15, 0.2) is 91.0 Å². The lowest BCUT2D eigenvalue weighted by Crippen LogP contribution is -2.41. The van der Waals surface area contributed by atoms with Gasteiger partial charge < -0.3 is 16.4 Å². The average molecular weight is 402 g/mol. The second-order valence-electron chi connectivity index (χ2n) is 7.52. The van der Waals surface area contributed by atoms with Crippen LogP contribution in [-0.4, -0.2) is 18.5 Å². The van der Waals surface area contributed by atoms with Crippen molar-refractivity contribution in [2.45, 2.75) is 24.8 Å². The van der Waals surface area contributed by atoms with E-state index in [-0.39, 0.29) is 12.3 Å². The summed E-state index contributed by atoms with van der Waals surface area (Å²) in [6, 6.07) is 28.5. The molecule has 4 N–H and O–H groups in total. The maximum absolute atomic E-state index is 12.8. The number of rotatable bonds is 8. The maximum Gasteiger partial charge on any atom is 0.312 e. The van der Waals surface area contributed by atoms with Crippen molar-refractivity contribution in [3.63, 3.8) is 0 Å². The van der Waals surface area contributed by atoms with E-state index < -0.39 is 17.5 Å². The van der Waals surface area contributed by atoms with Crippen molar-refractivity contribution >= 4 is 11.9 Å². The highest BCUT2D eigenvalue weighted by molar-refractivity contribution is 5.79. The Morgan fingerprint density at radius 3 is 1.77 bits per heavy atom. The fraction of sp³-hybridized carbons (Fsp3) is 0.200. The van der Waals surface area contributed by atoms with E-state index in [1.54, 1.807) is 0 Å². The van der Waals surface area contributed by atoms with Crippen LogP contribution in [0.1, 0.15) is 36.1 Å². The van der Waals surface area contributed by atoms with Gasteiger partial charge in [0.25, 0.3) is 0 Å². The van der Waals surface area contributed by atoms with Crippen molar-refractivity contribution < 1.29 is 9.59 Å². The van der Waals surface area contributed by atoms with Gasteiger partial charge in [-0.15, -0.1) is 0 Å². The minimum atomic E-state index is -0.657. The van der Waals surface area contributed by atoms with Crippen molar-refractivity contribution in [2.24, 2.45) is 5.73 Å². The number of carbonyl (C=O) groups excluding carboxylic acids is 2. The Balaban J connectivity index is 1.76. The van der Waals surface area contributed by atoms with E-state index in [1.807, 2.05) is 66.7 Å². The summed E-state index contributed by atoms with van der Waals surface area (Å²) in [5.41, 5.74) is 8.00. The lowest BCUT2D eigenvalue weighted by Gasteiger charge is -2.31. The van der Waals surface area contributed by atoms with Crippen LogP contribution >= 0.6 is 0 Å². The lowest BCUT2D eigenvalue weighted by atomic mass is 9.76. The minimum absolute atomic E-state index is 0.104. The van der Waals surface area contributed by atoms with Crippen molar-refractivity contribution in [1.82, 2.24) is 10.6 Å². The zero-order valence-electron chi connectivity index (χ0n) is 17.0. The van der Waals surface area contributed by atoms with Crippen LogP contribution in [0, 0.1) is 0 Å². The number of hydrogen-bond acceptors (Lipinski definition) is 2. The summed E-state index contributed by atoms with van der Waals surface area (Å²) in [5, 5.41) is 5.73. The van der Waals surface area contributed by atoms with Crippen LogP contribution in [0.4, 0.5) is 4.79 Å². The molecule has 0 radical (unpaired) electrons. The van der Waals surface area contributed by atoms with Gasteiger partial charge in [-0.2, -0.15) is 0 Å². The molecule has 3 aromatic rings. The number of nitrogens with two attached hydrogens (primary N) is 1. The van der Waals surface area contributed by atoms with Gasteiger partial charge in [-0.3, -0.25) is 4.79 Å². The number of benzene rings is 3. The molecule has 0 aliphatic heterocycles. The minimum Gasteiger partial charge on any atom is -0.355 e. The largest absolute Gasteiger partial charge is 0.355 e. The molecule has 3 aromatic carbocycles. The van der Waals surface area contributed by atoms with E-state index in [1.165, 1.54) is 0 Å². The molecule has 1 atom stereocenters. The third-order valence-corrected chi connectivity index (χ3v) is 5.37. The zero-order valence-corrected chi connectivity index (χ0v) is 17.0. The summed E-state index contributed by atoms with van der Waals surface area (Å²) in [5.74, 6) is -0.157. The number of carbonyl (C=O) groups is 2. The highest BCUT2D eigenvalue weighted by Gasteiger charge is 2.29. The van der Waals surface area contributed by atoms with Crippen LogP contribution in [0.3, 0.4) is 0 Å². The number of primary amides is 1. The molecule has 0 fully saturated rings. The molecule has 5 nitrogen and oxygen atoms in total. The highest BCUT2D eigenvalue weighted by Crippen LogP contribution is 2.31. The first-order valence-corrected chi connectivity index (χ1v) is 9.98. The molecular formula is C25H27N3O2. The second-order valence-corrected chi connectivity index (χ2v) is 7.52. The Kier molecular flexibility index (Phi) is 6.86. The maximum atomic E-state index is 12.8. The quantitative estimate of drug-likeness (QED) is 0.535. The monoisotopic (exact) mass is 401 g/mol. The smallest absolute Gasteiger partial charge is 0.312 e. The average Bonchev–Trinajstić information content (AvgIpc) is 2.78. The molecule has 1 unspecified atom stereocenters.